The molecule has 0 bridgehead atoms. The van der Waals surface area contributed by atoms with Gasteiger partial charge in [-0.1, -0.05) is 73.1 Å². The highest BCUT2D eigenvalue weighted by molar-refractivity contribution is 6.30. The van der Waals surface area contributed by atoms with Crippen LogP contribution in [0.1, 0.15) is 37.3 Å². The van der Waals surface area contributed by atoms with Gasteiger partial charge in [-0.25, -0.2) is 0 Å². The molecule has 0 aromatic heterocycles. The Morgan fingerprint density at radius 2 is 1.90 bits per heavy atom. The number of amides is 1. The number of aliphatic carboxylic acids is 1. The average molecular weight is 437 g/mol. The molecule has 31 heavy (non-hydrogen) atoms. The van der Waals surface area contributed by atoms with Crippen LogP contribution < -0.4 is 5.32 Å². The van der Waals surface area contributed by atoms with Gasteiger partial charge in [-0.05, 0) is 36.6 Å². The van der Waals surface area contributed by atoms with Crippen molar-refractivity contribution in [3.05, 3.63) is 88.1 Å². The van der Waals surface area contributed by atoms with Crippen molar-refractivity contribution >= 4 is 35.3 Å². The Labute approximate surface area is 187 Å². The largest absolute Gasteiger partial charge is 0.481 e. The second-order valence-corrected chi connectivity index (χ2v) is 7.78. The number of nitrogens with one attached hydrogen (secondary N) is 1. The molecule has 0 saturated carbocycles. The smallest absolute Gasteiger partial charge is 0.313 e. The van der Waals surface area contributed by atoms with Crippen LogP contribution in [0.25, 0.3) is 6.08 Å². The summed E-state index contributed by atoms with van der Waals surface area (Å²) in [5.41, 5.74) is 3.19. The third-order valence-corrected chi connectivity index (χ3v) is 5.50. The maximum Gasteiger partial charge on any atom is 0.313 e. The molecule has 1 aliphatic rings. The summed E-state index contributed by atoms with van der Waals surface area (Å²) in [7, 11) is 0. The standard InChI is InChI=1S/C25H25ClN2O3/c1-3-20-23(24(29)27-14-8-11-17-9-5-4-6-10-17)22(18-12-7-13-19(26)15-18)21(25(30)31)16(2)28-20/h4-13,15,21-22H,3,14H2,1-2H3,(H,27,29)(H,30,31). The Morgan fingerprint density at radius 1 is 1.16 bits per heavy atom. The zero-order valence-corrected chi connectivity index (χ0v) is 18.3. The molecule has 1 aliphatic heterocycles. The summed E-state index contributed by atoms with van der Waals surface area (Å²) in [5.74, 6) is -2.94. The fourth-order valence-corrected chi connectivity index (χ4v) is 4.06. The van der Waals surface area contributed by atoms with Crippen LogP contribution in [0.4, 0.5) is 0 Å². The molecule has 2 aromatic carbocycles. The van der Waals surface area contributed by atoms with Crippen LogP contribution in [0.15, 0.2) is 76.9 Å². The third-order valence-electron chi connectivity index (χ3n) is 5.26. The lowest BCUT2D eigenvalue weighted by Gasteiger charge is -2.31. The van der Waals surface area contributed by atoms with E-state index < -0.39 is 17.8 Å². The van der Waals surface area contributed by atoms with Gasteiger partial charge < -0.3 is 10.4 Å². The van der Waals surface area contributed by atoms with Crippen LogP contribution in [0, 0.1) is 5.92 Å². The molecule has 0 radical (unpaired) electrons. The van der Waals surface area contributed by atoms with E-state index in [9.17, 15) is 14.7 Å². The van der Waals surface area contributed by atoms with E-state index in [0.717, 1.165) is 5.56 Å². The van der Waals surface area contributed by atoms with Crippen molar-refractivity contribution < 1.29 is 14.7 Å². The molecule has 1 heterocycles. The number of hydrogen-bond donors (Lipinski definition) is 2. The van der Waals surface area contributed by atoms with Gasteiger partial charge in [0.05, 0.1) is 0 Å². The number of carboxylic acids is 1. The summed E-state index contributed by atoms with van der Waals surface area (Å²) in [6.07, 6.45) is 4.30. The Balaban J connectivity index is 1.93. The monoisotopic (exact) mass is 436 g/mol. The lowest BCUT2D eigenvalue weighted by Crippen LogP contribution is -2.38. The zero-order valence-electron chi connectivity index (χ0n) is 17.5. The van der Waals surface area contributed by atoms with E-state index in [-0.39, 0.29) is 5.91 Å². The highest BCUT2D eigenvalue weighted by atomic mass is 35.5. The quantitative estimate of drug-likeness (QED) is 0.634. The van der Waals surface area contributed by atoms with Gasteiger partial charge in [0.25, 0.3) is 0 Å². The average Bonchev–Trinajstić information content (AvgIpc) is 2.76. The second kappa shape index (κ2) is 10.2. The summed E-state index contributed by atoms with van der Waals surface area (Å²) >= 11 is 6.18. The van der Waals surface area contributed by atoms with E-state index in [4.69, 9.17) is 11.6 Å². The number of benzene rings is 2. The Bertz CT molecular complexity index is 1060. The van der Waals surface area contributed by atoms with Crippen molar-refractivity contribution in [3.8, 4) is 0 Å². The molecule has 6 heteroatoms. The van der Waals surface area contributed by atoms with Gasteiger partial charge in [0.15, 0.2) is 0 Å². The molecule has 1 amide bonds. The molecular weight excluding hydrogens is 412 g/mol. The van der Waals surface area contributed by atoms with E-state index >= 15 is 0 Å². The number of halogens is 1. The van der Waals surface area contributed by atoms with Crippen LogP contribution in [-0.2, 0) is 9.59 Å². The number of carbonyl (C=O) groups is 2. The first-order chi connectivity index (χ1) is 14.9. The van der Waals surface area contributed by atoms with Gasteiger partial charge in [0.1, 0.15) is 5.92 Å². The fourth-order valence-electron chi connectivity index (χ4n) is 3.86. The Hall–Kier alpha value is -3.18. The van der Waals surface area contributed by atoms with Crippen molar-refractivity contribution in [2.75, 3.05) is 6.54 Å². The molecule has 2 unspecified atom stereocenters. The topological polar surface area (TPSA) is 78.8 Å². The van der Waals surface area contributed by atoms with Crippen molar-refractivity contribution in [2.24, 2.45) is 10.9 Å². The van der Waals surface area contributed by atoms with E-state index in [0.29, 0.717) is 40.5 Å². The maximum atomic E-state index is 13.2. The number of carboxylic acid groups (broad SMARTS) is 1. The van der Waals surface area contributed by atoms with Crippen LogP contribution in [-0.4, -0.2) is 29.2 Å². The first kappa shape index (κ1) is 22.5. The number of aliphatic imine (C=N–C) groups is 1. The van der Waals surface area contributed by atoms with E-state index in [1.165, 1.54) is 0 Å². The molecule has 0 fully saturated rings. The minimum absolute atomic E-state index is 0.316. The van der Waals surface area contributed by atoms with Crippen molar-refractivity contribution in [1.82, 2.24) is 5.32 Å². The third kappa shape index (κ3) is 5.30. The number of rotatable bonds is 7. The minimum Gasteiger partial charge on any atom is -0.481 e. The molecule has 0 aliphatic carbocycles. The summed E-state index contributed by atoms with van der Waals surface area (Å²) < 4.78 is 0. The van der Waals surface area contributed by atoms with Crippen LogP contribution in [0.5, 0.6) is 0 Å². The Morgan fingerprint density at radius 3 is 2.55 bits per heavy atom. The van der Waals surface area contributed by atoms with Gasteiger partial charge in [0.2, 0.25) is 5.91 Å². The van der Waals surface area contributed by atoms with Gasteiger partial charge in [0, 0.05) is 34.5 Å². The van der Waals surface area contributed by atoms with E-state index in [1.54, 1.807) is 31.2 Å². The summed E-state index contributed by atoms with van der Waals surface area (Å²) in [4.78, 5) is 29.8. The van der Waals surface area contributed by atoms with Crippen LogP contribution in [0.2, 0.25) is 5.02 Å². The first-order valence-electron chi connectivity index (χ1n) is 10.2. The summed E-state index contributed by atoms with van der Waals surface area (Å²) in [5, 5.41) is 13.3. The van der Waals surface area contributed by atoms with Crippen molar-refractivity contribution in [3.63, 3.8) is 0 Å². The predicted octanol–water partition coefficient (Wildman–Crippen LogP) is 5.09. The number of hydrogen-bond acceptors (Lipinski definition) is 3. The van der Waals surface area contributed by atoms with E-state index in [2.05, 4.69) is 10.3 Å². The highest BCUT2D eigenvalue weighted by Crippen LogP contribution is 2.40. The first-order valence-corrected chi connectivity index (χ1v) is 10.6. The number of carbonyl (C=O) groups excluding carboxylic acids is 1. The summed E-state index contributed by atoms with van der Waals surface area (Å²) in [6, 6.07) is 16.8. The molecule has 0 saturated heterocycles. The maximum absolute atomic E-state index is 13.2. The summed E-state index contributed by atoms with van der Waals surface area (Å²) in [6.45, 7) is 3.92. The van der Waals surface area contributed by atoms with Crippen molar-refractivity contribution in [1.29, 1.82) is 0 Å². The second-order valence-electron chi connectivity index (χ2n) is 7.34. The van der Waals surface area contributed by atoms with Gasteiger partial charge in [-0.2, -0.15) is 0 Å². The molecular formula is C25H25ClN2O3. The lowest BCUT2D eigenvalue weighted by molar-refractivity contribution is -0.139. The zero-order chi connectivity index (χ0) is 22.4. The van der Waals surface area contributed by atoms with E-state index in [1.807, 2.05) is 49.4 Å². The molecule has 2 N–H and O–H groups in total. The van der Waals surface area contributed by atoms with Gasteiger partial charge in [-0.15, -0.1) is 0 Å². The van der Waals surface area contributed by atoms with Crippen molar-refractivity contribution in [2.45, 2.75) is 26.2 Å². The van der Waals surface area contributed by atoms with Gasteiger partial charge >= 0.3 is 5.97 Å². The Kier molecular flexibility index (Phi) is 7.42. The predicted molar refractivity (Wildman–Crippen MR) is 124 cm³/mol. The normalized spacial score (nSPS) is 18.7. The highest BCUT2D eigenvalue weighted by Gasteiger charge is 2.41. The van der Waals surface area contributed by atoms with Gasteiger partial charge in [-0.3, -0.25) is 14.6 Å². The SMILES string of the molecule is CCC1=C(C(=O)NCC=Cc2ccccc2)C(c2cccc(Cl)c2)C(C(=O)O)C(C)=N1. The molecule has 0 spiro atoms. The lowest BCUT2D eigenvalue weighted by atomic mass is 9.75. The molecule has 160 valence electrons. The minimum atomic E-state index is -1.02. The molecule has 3 rings (SSSR count). The molecule has 2 aromatic rings. The molecule has 5 nitrogen and oxygen atoms in total. The number of allylic oxidation sites excluding steroid dienone is 1. The number of nitrogens with zero attached hydrogens (tertiary/aromatic N) is 1. The van der Waals surface area contributed by atoms with Crippen LogP contribution >= 0.6 is 11.6 Å². The molecule has 2 atom stereocenters. The van der Waals surface area contributed by atoms with Crippen LogP contribution in [0.3, 0.4) is 0 Å². The fraction of sp³-hybridized carbons (Fsp3) is 0.240.